The number of guanidine groups is 1. The van der Waals surface area contributed by atoms with Crippen molar-refractivity contribution in [2.45, 2.75) is 39.3 Å². The van der Waals surface area contributed by atoms with Crippen LogP contribution in [-0.2, 0) is 11.3 Å². The van der Waals surface area contributed by atoms with Gasteiger partial charge in [0.05, 0.1) is 12.8 Å². The summed E-state index contributed by atoms with van der Waals surface area (Å²) in [6, 6.07) is 3.74. The van der Waals surface area contributed by atoms with E-state index in [9.17, 15) is 4.79 Å². The number of hydrogen-bond acceptors (Lipinski definition) is 4. The Morgan fingerprint density at radius 2 is 2.00 bits per heavy atom. The molecule has 0 saturated carbocycles. The molecule has 1 heterocycles. The fraction of sp³-hybridized carbons (Fsp3) is 0.600. The molecular formula is C15H26N4O3. The third-order valence-corrected chi connectivity index (χ3v) is 2.55. The van der Waals surface area contributed by atoms with Gasteiger partial charge in [0, 0.05) is 20.1 Å². The van der Waals surface area contributed by atoms with Gasteiger partial charge in [0.25, 0.3) is 0 Å². The summed E-state index contributed by atoms with van der Waals surface area (Å²) in [6.45, 7) is 7.31. The predicted octanol–water partition coefficient (Wildman–Crippen LogP) is 1.86. The molecule has 0 radical (unpaired) electrons. The van der Waals surface area contributed by atoms with Gasteiger partial charge in [-0.3, -0.25) is 4.99 Å². The lowest BCUT2D eigenvalue weighted by atomic mass is 10.2. The highest BCUT2D eigenvalue weighted by Gasteiger charge is 2.15. The van der Waals surface area contributed by atoms with Gasteiger partial charge in [-0.15, -0.1) is 0 Å². The molecule has 1 aromatic rings. The molecule has 22 heavy (non-hydrogen) atoms. The number of amides is 1. The second-order valence-corrected chi connectivity index (χ2v) is 5.71. The van der Waals surface area contributed by atoms with E-state index in [-0.39, 0.29) is 0 Å². The van der Waals surface area contributed by atoms with Crippen molar-refractivity contribution in [3.8, 4) is 0 Å². The quantitative estimate of drug-likeness (QED) is 0.424. The zero-order valence-electron chi connectivity index (χ0n) is 13.7. The molecular weight excluding hydrogens is 284 g/mol. The maximum atomic E-state index is 11.4. The summed E-state index contributed by atoms with van der Waals surface area (Å²) >= 11 is 0. The van der Waals surface area contributed by atoms with E-state index >= 15 is 0 Å². The first-order valence-electron chi connectivity index (χ1n) is 7.34. The lowest BCUT2D eigenvalue weighted by Gasteiger charge is -2.19. The Labute approximate surface area is 131 Å². The number of furan rings is 1. The monoisotopic (exact) mass is 310 g/mol. The molecule has 0 aliphatic rings. The van der Waals surface area contributed by atoms with Crippen molar-refractivity contribution in [3.63, 3.8) is 0 Å². The minimum Gasteiger partial charge on any atom is -0.467 e. The molecule has 1 rings (SSSR count). The summed E-state index contributed by atoms with van der Waals surface area (Å²) < 4.78 is 10.4. The van der Waals surface area contributed by atoms with E-state index in [2.05, 4.69) is 20.9 Å². The molecule has 1 amide bonds. The van der Waals surface area contributed by atoms with Crippen LogP contribution in [0.4, 0.5) is 4.79 Å². The molecule has 7 nitrogen and oxygen atoms in total. The number of carbonyl (C=O) groups excluding carboxylic acids is 1. The van der Waals surface area contributed by atoms with Gasteiger partial charge in [-0.2, -0.15) is 0 Å². The van der Waals surface area contributed by atoms with Crippen LogP contribution < -0.4 is 16.0 Å². The van der Waals surface area contributed by atoms with Crippen LogP contribution in [0, 0.1) is 0 Å². The summed E-state index contributed by atoms with van der Waals surface area (Å²) in [6.07, 6.45) is 2.00. The van der Waals surface area contributed by atoms with Crippen molar-refractivity contribution < 1.29 is 13.9 Å². The van der Waals surface area contributed by atoms with E-state index in [1.54, 1.807) is 13.3 Å². The third kappa shape index (κ3) is 8.18. The molecule has 7 heteroatoms. The van der Waals surface area contributed by atoms with Crippen molar-refractivity contribution in [3.05, 3.63) is 24.2 Å². The molecule has 3 N–H and O–H groups in total. The minimum atomic E-state index is -0.472. The Kier molecular flexibility index (Phi) is 7.28. The Hall–Kier alpha value is -2.18. The second kappa shape index (κ2) is 8.96. The van der Waals surface area contributed by atoms with E-state index in [1.807, 2.05) is 32.9 Å². The van der Waals surface area contributed by atoms with Crippen LogP contribution in [0.1, 0.15) is 33.0 Å². The maximum Gasteiger partial charge on any atom is 0.407 e. The molecule has 0 fully saturated rings. The van der Waals surface area contributed by atoms with Crippen molar-refractivity contribution in [1.29, 1.82) is 0 Å². The van der Waals surface area contributed by atoms with Crippen LogP contribution in [0.5, 0.6) is 0 Å². The first-order chi connectivity index (χ1) is 10.4. The number of nitrogens with one attached hydrogen (secondary N) is 3. The molecule has 0 bridgehead atoms. The van der Waals surface area contributed by atoms with E-state index < -0.39 is 11.7 Å². The molecule has 0 saturated heterocycles. The summed E-state index contributed by atoms with van der Waals surface area (Å²) in [5.74, 6) is 1.53. The van der Waals surface area contributed by atoms with Crippen molar-refractivity contribution in [2.75, 3.05) is 20.1 Å². The Bertz CT molecular complexity index is 464. The van der Waals surface area contributed by atoms with Crippen molar-refractivity contribution in [1.82, 2.24) is 16.0 Å². The molecule has 0 atom stereocenters. The predicted molar refractivity (Wildman–Crippen MR) is 85.8 cm³/mol. The van der Waals surface area contributed by atoms with Gasteiger partial charge in [0.1, 0.15) is 11.4 Å². The summed E-state index contributed by atoms with van der Waals surface area (Å²) in [5, 5.41) is 9.00. The Morgan fingerprint density at radius 3 is 2.59 bits per heavy atom. The van der Waals surface area contributed by atoms with Crippen molar-refractivity contribution in [2.24, 2.45) is 4.99 Å². The highest BCUT2D eigenvalue weighted by molar-refractivity contribution is 5.79. The zero-order valence-corrected chi connectivity index (χ0v) is 13.7. The SMILES string of the molecule is CN=C(NCCCNC(=O)OC(C)(C)C)NCc1ccco1. The van der Waals surface area contributed by atoms with E-state index in [0.717, 1.165) is 12.2 Å². The summed E-state index contributed by atoms with van der Waals surface area (Å²) in [5.41, 5.74) is -0.472. The van der Waals surface area contributed by atoms with Crippen molar-refractivity contribution >= 4 is 12.1 Å². The van der Waals surface area contributed by atoms with Gasteiger partial charge in [0.2, 0.25) is 0 Å². The normalized spacial score (nSPS) is 11.9. The zero-order chi connectivity index (χ0) is 16.4. The van der Waals surface area contributed by atoms with Crippen LogP contribution >= 0.6 is 0 Å². The molecule has 0 aliphatic heterocycles. The van der Waals surface area contributed by atoms with Crippen LogP contribution in [0.15, 0.2) is 27.8 Å². The second-order valence-electron chi connectivity index (χ2n) is 5.71. The highest BCUT2D eigenvalue weighted by atomic mass is 16.6. The topological polar surface area (TPSA) is 87.9 Å². The Morgan fingerprint density at radius 1 is 1.27 bits per heavy atom. The lowest BCUT2D eigenvalue weighted by molar-refractivity contribution is 0.0527. The number of ether oxygens (including phenoxy) is 1. The fourth-order valence-corrected chi connectivity index (χ4v) is 1.60. The van der Waals surface area contributed by atoms with E-state index in [1.165, 1.54) is 0 Å². The summed E-state index contributed by atoms with van der Waals surface area (Å²) in [7, 11) is 1.70. The van der Waals surface area contributed by atoms with Gasteiger partial charge in [0.15, 0.2) is 5.96 Å². The number of alkyl carbamates (subject to hydrolysis) is 1. The molecule has 124 valence electrons. The number of carbonyl (C=O) groups is 1. The Balaban J connectivity index is 2.11. The molecule has 0 spiro atoms. The number of nitrogens with zero attached hydrogens (tertiary/aromatic N) is 1. The standard InChI is InChI=1S/C15H26N4O3/c1-15(2,3)22-14(20)18-9-6-8-17-13(16-4)19-11-12-7-5-10-21-12/h5,7,10H,6,8-9,11H2,1-4H3,(H,18,20)(H2,16,17,19). The van der Waals surface area contributed by atoms with Gasteiger partial charge >= 0.3 is 6.09 Å². The molecule has 1 aromatic heterocycles. The molecule has 0 unspecified atom stereocenters. The van der Waals surface area contributed by atoms with Crippen LogP contribution in [0.2, 0.25) is 0 Å². The third-order valence-electron chi connectivity index (χ3n) is 2.55. The van der Waals surface area contributed by atoms with E-state index in [0.29, 0.717) is 25.6 Å². The minimum absolute atomic E-state index is 0.396. The first kappa shape index (κ1) is 17.9. The number of aliphatic imine (C=N–C) groups is 1. The number of rotatable bonds is 6. The van der Waals surface area contributed by atoms with Gasteiger partial charge < -0.3 is 25.1 Å². The van der Waals surface area contributed by atoms with Crippen LogP contribution in [0.25, 0.3) is 0 Å². The highest BCUT2D eigenvalue weighted by Crippen LogP contribution is 2.06. The smallest absolute Gasteiger partial charge is 0.407 e. The van der Waals surface area contributed by atoms with Gasteiger partial charge in [-0.05, 0) is 39.3 Å². The average Bonchev–Trinajstić information content (AvgIpc) is 2.93. The number of hydrogen-bond donors (Lipinski definition) is 3. The molecule has 0 aromatic carbocycles. The van der Waals surface area contributed by atoms with Crippen LogP contribution in [0.3, 0.4) is 0 Å². The summed E-state index contributed by atoms with van der Waals surface area (Å²) in [4.78, 5) is 15.6. The van der Waals surface area contributed by atoms with Crippen LogP contribution in [-0.4, -0.2) is 37.8 Å². The van der Waals surface area contributed by atoms with Gasteiger partial charge in [-0.25, -0.2) is 4.79 Å². The first-order valence-corrected chi connectivity index (χ1v) is 7.34. The fourth-order valence-electron chi connectivity index (χ4n) is 1.60. The average molecular weight is 310 g/mol. The van der Waals surface area contributed by atoms with E-state index in [4.69, 9.17) is 9.15 Å². The lowest BCUT2D eigenvalue weighted by Crippen LogP contribution is -2.38. The van der Waals surface area contributed by atoms with Gasteiger partial charge in [-0.1, -0.05) is 0 Å². The maximum absolute atomic E-state index is 11.4. The molecule has 0 aliphatic carbocycles. The largest absolute Gasteiger partial charge is 0.467 e.